The summed E-state index contributed by atoms with van der Waals surface area (Å²) >= 11 is 5.86. The lowest BCUT2D eigenvalue weighted by Gasteiger charge is -2.07. The molecule has 25 heavy (non-hydrogen) atoms. The highest BCUT2D eigenvalue weighted by atomic mass is 35.5. The standard InChI is InChI=1S/C19H20ClN5/c20-17-8-6-16(7-9-17)5-3-1-2-4-12-23-19(24-15-21)25-18-10-13-22-14-11-18/h3,5-11,13-14H,1-2,4,12H2,(H2,22,23,24,25). The number of hydrogen-bond acceptors (Lipinski definition) is 3. The summed E-state index contributed by atoms with van der Waals surface area (Å²) in [4.78, 5) is 8.34. The van der Waals surface area contributed by atoms with Gasteiger partial charge in [0.2, 0.25) is 5.96 Å². The van der Waals surface area contributed by atoms with Crippen molar-refractivity contribution in [2.24, 2.45) is 4.99 Å². The fraction of sp³-hybridized carbons (Fsp3) is 0.211. The van der Waals surface area contributed by atoms with Gasteiger partial charge in [0.25, 0.3) is 0 Å². The highest BCUT2D eigenvalue weighted by Gasteiger charge is 1.98. The molecule has 0 aliphatic rings. The number of hydrogen-bond donors (Lipinski definition) is 2. The number of nitrogens with zero attached hydrogens (tertiary/aromatic N) is 3. The monoisotopic (exact) mass is 353 g/mol. The molecular formula is C19H20ClN5. The van der Waals surface area contributed by atoms with Gasteiger partial charge >= 0.3 is 0 Å². The zero-order chi connectivity index (χ0) is 17.7. The van der Waals surface area contributed by atoms with Crippen molar-refractivity contribution in [3.63, 3.8) is 0 Å². The molecule has 0 unspecified atom stereocenters. The van der Waals surface area contributed by atoms with Crippen LogP contribution in [0, 0.1) is 11.5 Å². The molecule has 5 nitrogen and oxygen atoms in total. The molecule has 2 N–H and O–H groups in total. The molecule has 0 fully saturated rings. The average Bonchev–Trinajstić information content (AvgIpc) is 2.63. The molecule has 0 aliphatic heterocycles. The van der Waals surface area contributed by atoms with Crippen molar-refractivity contribution < 1.29 is 0 Å². The van der Waals surface area contributed by atoms with Crippen LogP contribution < -0.4 is 10.6 Å². The molecule has 0 aliphatic carbocycles. The van der Waals surface area contributed by atoms with E-state index in [0.29, 0.717) is 12.5 Å². The second-order valence-corrected chi connectivity index (χ2v) is 5.71. The number of guanidine groups is 1. The van der Waals surface area contributed by atoms with E-state index in [4.69, 9.17) is 16.9 Å². The molecule has 1 heterocycles. The minimum Gasteiger partial charge on any atom is -0.325 e. The summed E-state index contributed by atoms with van der Waals surface area (Å²) in [5.74, 6) is 0.449. The van der Waals surface area contributed by atoms with E-state index in [-0.39, 0.29) is 0 Å². The van der Waals surface area contributed by atoms with Gasteiger partial charge in [0.05, 0.1) is 0 Å². The van der Waals surface area contributed by atoms with Gasteiger partial charge in [0.15, 0.2) is 6.19 Å². The van der Waals surface area contributed by atoms with Crippen molar-refractivity contribution in [2.75, 3.05) is 11.9 Å². The zero-order valence-electron chi connectivity index (χ0n) is 13.8. The highest BCUT2D eigenvalue weighted by Crippen LogP contribution is 2.11. The van der Waals surface area contributed by atoms with Gasteiger partial charge < -0.3 is 5.32 Å². The second kappa shape index (κ2) is 10.8. The maximum atomic E-state index is 8.80. The Morgan fingerprint density at radius 3 is 2.64 bits per heavy atom. The van der Waals surface area contributed by atoms with Gasteiger partial charge in [-0.05, 0) is 49.1 Å². The van der Waals surface area contributed by atoms with Crippen LogP contribution in [0.5, 0.6) is 0 Å². The zero-order valence-corrected chi connectivity index (χ0v) is 14.6. The van der Waals surface area contributed by atoms with E-state index in [2.05, 4.69) is 32.8 Å². The molecule has 0 spiro atoms. The summed E-state index contributed by atoms with van der Waals surface area (Å²) in [6, 6.07) is 11.4. The molecular weight excluding hydrogens is 334 g/mol. The van der Waals surface area contributed by atoms with Crippen LogP contribution in [0.2, 0.25) is 5.02 Å². The maximum Gasteiger partial charge on any atom is 0.209 e. The normalized spacial score (nSPS) is 11.3. The van der Waals surface area contributed by atoms with Crippen LogP contribution in [0.3, 0.4) is 0 Å². The van der Waals surface area contributed by atoms with Gasteiger partial charge in [-0.15, -0.1) is 0 Å². The van der Waals surface area contributed by atoms with E-state index in [9.17, 15) is 0 Å². The number of benzene rings is 1. The van der Waals surface area contributed by atoms with Crippen LogP contribution >= 0.6 is 11.6 Å². The maximum absolute atomic E-state index is 8.80. The summed E-state index contributed by atoms with van der Waals surface area (Å²) in [5, 5.41) is 15.2. The van der Waals surface area contributed by atoms with Gasteiger partial charge in [0.1, 0.15) is 0 Å². The van der Waals surface area contributed by atoms with Gasteiger partial charge in [-0.25, -0.2) is 0 Å². The van der Waals surface area contributed by atoms with Crippen molar-refractivity contribution in [3.05, 3.63) is 65.5 Å². The lowest BCUT2D eigenvalue weighted by molar-refractivity contribution is 0.758. The molecule has 2 rings (SSSR count). The van der Waals surface area contributed by atoms with Crippen molar-refractivity contribution in [3.8, 4) is 6.19 Å². The Kier molecular flexibility index (Phi) is 8.02. The molecule has 0 atom stereocenters. The fourth-order valence-electron chi connectivity index (χ4n) is 2.09. The van der Waals surface area contributed by atoms with Crippen LogP contribution in [0.15, 0.2) is 59.9 Å². The Morgan fingerprint density at radius 2 is 1.92 bits per heavy atom. The Balaban J connectivity index is 1.71. The first-order valence-electron chi connectivity index (χ1n) is 8.06. The second-order valence-electron chi connectivity index (χ2n) is 5.28. The smallest absolute Gasteiger partial charge is 0.209 e. The number of aliphatic imine (C=N–C) groups is 1. The quantitative estimate of drug-likeness (QED) is 0.253. The van der Waals surface area contributed by atoms with Gasteiger partial charge in [-0.1, -0.05) is 35.9 Å². The first kappa shape index (κ1) is 18.5. The minimum atomic E-state index is 0.449. The molecule has 1 aromatic carbocycles. The molecule has 6 heteroatoms. The Hall–Kier alpha value is -2.84. The Labute approximate surface area is 153 Å². The van der Waals surface area contributed by atoms with Crippen LogP contribution in [0.4, 0.5) is 5.69 Å². The summed E-state index contributed by atoms with van der Waals surface area (Å²) in [5.41, 5.74) is 1.98. The van der Waals surface area contributed by atoms with Crippen molar-refractivity contribution >= 4 is 29.3 Å². The van der Waals surface area contributed by atoms with Crippen LogP contribution in [0.25, 0.3) is 6.08 Å². The number of unbranched alkanes of at least 4 members (excludes halogenated alkanes) is 2. The van der Waals surface area contributed by atoms with E-state index >= 15 is 0 Å². The van der Waals surface area contributed by atoms with Crippen LogP contribution in [-0.4, -0.2) is 17.5 Å². The van der Waals surface area contributed by atoms with Gasteiger partial charge in [-0.3, -0.25) is 15.3 Å². The number of rotatable bonds is 7. The number of aromatic nitrogens is 1. The molecule has 0 amide bonds. The van der Waals surface area contributed by atoms with E-state index in [1.54, 1.807) is 12.4 Å². The van der Waals surface area contributed by atoms with E-state index < -0.39 is 0 Å². The lowest BCUT2D eigenvalue weighted by Crippen LogP contribution is -2.27. The number of anilines is 1. The number of pyridine rings is 1. The molecule has 0 bridgehead atoms. The summed E-state index contributed by atoms with van der Waals surface area (Å²) in [6.45, 7) is 0.650. The summed E-state index contributed by atoms with van der Waals surface area (Å²) in [7, 11) is 0. The van der Waals surface area contributed by atoms with Gasteiger partial charge in [0, 0.05) is 29.6 Å². The number of nitriles is 1. The largest absolute Gasteiger partial charge is 0.325 e. The topological polar surface area (TPSA) is 73.1 Å². The predicted octanol–water partition coefficient (Wildman–Crippen LogP) is 4.46. The number of halogens is 1. The minimum absolute atomic E-state index is 0.449. The molecule has 128 valence electrons. The number of allylic oxidation sites excluding steroid dienone is 1. The summed E-state index contributed by atoms with van der Waals surface area (Å²) in [6.07, 6.45) is 12.4. The average molecular weight is 354 g/mol. The lowest BCUT2D eigenvalue weighted by atomic mass is 10.1. The van der Waals surface area contributed by atoms with Crippen molar-refractivity contribution in [1.29, 1.82) is 5.26 Å². The molecule has 0 saturated heterocycles. The Morgan fingerprint density at radius 1 is 1.16 bits per heavy atom. The molecule has 0 radical (unpaired) electrons. The van der Waals surface area contributed by atoms with Crippen LogP contribution in [0.1, 0.15) is 24.8 Å². The molecule has 1 aromatic heterocycles. The van der Waals surface area contributed by atoms with Crippen molar-refractivity contribution in [2.45, 2.75) is 19.3 Å². The van der Waals surface area contributed by atoms with Gasteiger partial charge in [-0.2, -0.15) is 5.26 Å². The first-order valence-corrected chi connectivity index (χ1v) is 8.44. The van der Waals surface area contributed by atoms with E-state index in [1.807, 2.05) is 42.6 Å². The fourth-order valence-corrected chi connectivity index (χ4v) is 2.22. The van der Waals surface area contributed by atoms with E-state index in [1.165, 1.54) is 0 Å². The van der Waals surface area contributed by atoms with Crippen molar-refractivity contribution in [1.82, 2.24) is 10.3 Å². The summed E-state index contributed by atoms with van der Waals surface area (Å²) < 4.78 is 0. The Bertz CT molecular complexity index is 733. The SMILES string of the molecule is N#CNC(=NCCCCC=Cc1ccc(Cl)cc1)Nc1ccncc1. The predicted molar refractivity (Wildman–Crippen MR) is 103 cm³/mol. The molecule has 2 aromatic rings. The third-order valence-electron chi connectivity index (χ3n) is 3.35. The third kappa shape index (κ3) is 7.51. The molecule has 0 saturated carbocycles. The number of nitrogens with one attached hydrogen (secondary N) is 2. The first-order chi connectivity index (χ1) is 12.3. The van der Waals surface area contributed by atoms with Crippen LogP contribution in [-0.2, 0) is 0 Å². The third-order valence-corrected chi connectivity index (χ3v) is 3.60. The highest BCUT2D eigenvalue weighted by molar-refractivity contribution is 6.30. The van der Waals surface area contributed by atoms with E-state index in [0.717, 1.165) is 35.5 Å².